The molecule has 1 aliphatic rings. The second-order valence-corrected chi connectivity index (χ2v) is 9.34. The number of hydrogen-bond acceptors (Lipinski definition) is 5. The minimum absolute atomic E-state index is 0.0297. The SMILES string of the molecule is CN=C(NCc1cccc(NC(=O)C2CCCO2)c1)NC(C)CCS(C)(=O)=O. The highest BCUT2D eigenvalue weighted by Gasteiger charge is 2.23. The van der Waals surface area contributed by atoms with Crippen LogP contribution in [0.3, 0.4) is 0 Å². The van der Waals surface area contributed by atoms with Gasteiger partial charge in [-0.3, -0.25) is 9.79 Å². The van der Waals surface area contributed by atoms with Gasteiger partial charge in [0.2, 0.25) is 0 Å². The molecule has 0 aliphatic carbocycles. The highest BCUT2D eigenvalue weighted by molar-refractivity contribution is 7.90. The van der Waals surface area contributed by atoms with E-state index < -0.39 is 9.84 Å². The van der Waals surface area contributed by atoms with E-state index in [1.54, 1.807) is 7.05 Å². The van der Waals surface area contributed by atoms with Gasteiger partial charge in [-0.1, -0.05) is 12.1 Å². The predicted octanol–water partition coefficient (Wildman–Crippen LogP) is 1.29. The lowest BCUT2D eigenvalue weighted by Crippen LogP contribution is -2.42. The lowest BCUT2D eigenvalue weighted by Gasteiger charge is -2.18. The fraction of sp³-hybridized carbons (Fsp3) is 0.579. The Hall–Kier alpha value is -2.13. The molecule has 8 nitrogen and oxygen atoms in total. The van der Waals surface area contributed by atoms with Crippen LogP contribution in [0.4, 0.5) is 5.69 Å². The Morgan fingerprint density at radius 1 is 1.39 bits per heavy atom. The van der Waals surface area contributed by atoms with Gasteiger partial charge in [0.15, 0.2) is 5.96 Å². The Balaban J connectivity index is 1.84. The third kappa shape index (κ3) is 7.85. The molecule has 2 unspecified atom stereocenters. The summed E-state index contributed by atoms with van der Waals surface area (Å²) in [4.78, 5) is 16.3. The molecule has 0 spiro atoms. The van der Waals surface area contributed by atoms with E-state index in [2.05, 4.69) is 20.9 Å². The summed E-state index contributed by atoms with van der Waals surface area (Å²) in [7, 11) is -1.32. The van der Waals surface area contributed by atoms with Crippen molar-refractivity contribution in [1.29, 1.82) is 0 Å². The van der Waals surface area contributed by atoms with E-state index in [0.29, 0.717) is 25.5 Å². The number of carbonyl (C=O) groups excluding carboxylic acids is 1. The lowest BCUT2D eigenvalue weighted by atomic mass is 10.2. The Morgan fingerprint density at radius 3 is 2.82 bits per heavy atom. The van der Waals surface area contributed by atoms with Crippen LogP contribution in [-0.2, 0) is 25.9 Å². The smallest absolute Gasteiger partial charge is 0.253 e. The molecule has 1 heterocycles. The van der Waals surface area contributed by atoms with Gasteiger partial charge in [-0.2, -0.15) is 0 Å². The molecule has 0 bridgehead atoms. The van der Waals surface area contributed by atoms with Crippen LogP contribution in [0, 0.1) is 0 Å². The number of nitrogens with zero attached hydrogens (tertiary/aromatic N) is 1. The topological polar surface area (TPSA) is 109 Å². The molecule has 1 aromatic carbocycles. The molecule has 3 N–H and O–H groups in total. The standard InChI is InChI=1S/C19H30N4O4S/c1-14(9-11-28(3,25)26)22-19(20-2)21-13-15-6-4-7-16(12-15)23-18(24)17-8-5-10-27-17/h4,6-7,12,14,17H,5,8-11,13H2,1-3H3,(H,23,24)(H2,20,21,22). The van der Waals surface area contributed by atoms with Gasteiger partial charge < -0.3 is 20.7 Å². The van der Waals surface area contributed by atoms with Crippen LogP contribution in [0.25, 0.3) is 0 Å². The number of sulfone groups is 1. The third-order valence-corrected chi connectivity index (χ3v) is 5.38. The van der Waals surface area contributed by atoms with Crippen molar-refractivity contribution in [3.05, 3.63) is 29.8 Å². The molecule has 0 radical (unpaired) electrons. The van der Waals surface area contributed by atoms with E-state index in [0.717, 1.165) is 24.1 Å². The van der Waals surface area contributed by atoms with Gasteiger partial charge in [-0.15, -0.1) is 0 Å². The van der Waals surface area contributed by atoms with Gasteiger partial charge in [-0.25, -0.2) is 8.42 Å². The number of hydrogen-bond donors (Lipinski definition) is 3. The molecule has 1 amide bonds. The average Bonchev–Trinajstić information content (AvgIpc) is 3.18. The number of ether oxygens (including phenoxy) is 1. The Morgan fingerprint density at radius 2 is 2.18 bits per heavy atom. The first-order valence-electron chi connectivity index (χ1n) is 9.43. The summed E-state index contributed by atoms with van der Waals surface area (Å²) in [5, 5.41) is 9.28. The van der Waals surface area contributed by atoms with Gasteiger partial charge in [0.1, 0.15) is 15.9 Å². The van der Waals surface area contributed by atoms with Crippen LogP contribution in [0.15, 0.2) is 29.3 Å². The van der Waals surface area contributed by atoms with Crippen LogP contribution < -0.4 is 16.0 Å². The van der Waals surface area contributed by atoms with E-state index in [9.17, 15) is 13.2 Å². The van der Waals surface area contributed by atoms with Crippen LogP contribution in [0.1, 0.15) is 31.7 Å². The zero-order chi connectivity index (χ0) is 20.6. The minimum Gasteiger partial charge on any atom is -0.368 e. The van der Waals surface area contributed by atoms with Gasteiger partial charge in [0.05, 0.1) is 5.75 Å². The molecule has 0 saturated carbocycles. The maximum Gasteiger partial charge on any atom is 0.253 e. The van der Waals surface area contributed by atoms with Crippen molar-refractivity contribution in [3.8, 4) is 0 Å². The molecule has 2 rings (SSSR count). The van der Waals surface area contributed by atoms with Gasteiger partial charge >= 0.3 is 0 Å². The second kappa shape index (κ2) is 10.4. The lowest BCUT2D eigenvalue weighted by molar-refractivity contribution is -0.124. The van der Waals surface area contributed by atoms with E-state index in [1.165, 1.54) is 6.26 Å². The van der Waals surface area contributed by atoms with Crippen molar-refractivity contribution in [2.24, 2.45) is 4.99 Å². The van der Waals surface area contributed by atoms with E-state index >= 15 is 0 Å². The summed E-state index contributed by atoms with van der Waals surface area (Å²) in [6.07, 6.45) is 3.05. The van der Waals surface area contributed by atoms with Gasteiger partial charge in [0.25, 0.3) is 5.91 Å². The molecule has 28 heavy (non-hydrogen) atoms. The molecule has 1 aromatic rings. The van der Waals surface area contributed by atoms with Crippen molar-refractivity contribution in [2.45, 2.75) is 44.9 Å². The Bertz CT molecular complexity index is 789. The van der Waals surface area contributed by atoms with Crippen molar-refractivity contribution in [2.75, 3.05) is 31.0 Å². The summed E-state index contributed by atoms with van der Waals surface area (Å²) < 4.78 is 28.0. The van der Waals surface area contributed by atoms with Crippen LogP contribution >= 0.6 is 0 Å². The first-order chi connectivity index (χ1) is 13.3. The van der Waals surface area contributed by atoms with Gasteiger partial charge in [0, 0.05) is 38.2 Å². The molecule has 156 valence electrons. The molecule has 2 atom stereocenters. The maximum absolute atomic E-state index is 12.2. The summed E-state index contributed by atoms with van der Waals surface area (Å²) in [6, 6.07) is 7.55. The largest absolute Gasteiger partial charge is 0.368 e. The van der Waals surface area contributed by atoms with Crippen LogP contribution in [0.2, 0.25) is 0 Å². The minimum atomic E-state index is -2.98. The van der Waals surface area contributed by atoms with Crippen LogP contribution in [-0.4, -0.2) is 58.1 Å². The summed E-state index contributed by atoms with van der Waals surface area (Å²) in [5.41, 5.74) is 1.71. The molecule has 9 heteroatoms. The predicted molar refractivity (Wildman–Crippen MR) is 111 cm³/mol. The van der Waals surface area contributed by atoms with E-state index in [4.69, 9.17) is 4.74 Å². The van der Waals surface area contributed by atoms with E-state index in [-0.39, 0.29) is 23.8 Å². The Kier molecular flexibility index (Phi) is 8.25. The van der Waals surface area contributed by atoms with E-state index in [1.807, 2.05) is 31.2 Å². The van der Waals surface area contributed by atoms with Gasteiger partial charge in [-0.05, 0) is 43.9 Å². The molecule has 1 saturated heterocycles. The van der Waals surface area contributed by atoms with Crippen LogP contribution in [0.5, 0.6) is 0 Å². The zero-order valence-corrected chi connectivity index (χ0v) is 17.5. The molecular weight excluding hydrogens is 380 g/mol. The number of amides is 1. The molecular formula is C19H30N4O4S. The first kappa shape index (κ1) is 22.2. The maximum atomic E-state index is 12.2. The molecule has 1 aliphatic heterocycles. The fourth-order valence-corrected chi connectivity index (χ4v) is 3.62. The first-order valence-corrected chi connectivity index (χ1v) is 11.5. The average molecular weight is 411 g/mol. The highest BCUT2D eigenvalue weighted by Crippen LogP contribution is 2.16. The fourth-order valence-electron chi connectivity index (χ4n) is 2.84. The van der Waals surface area contributed by atoms with Crippen molar-refractivity contribution < 1.29 is 17.9 Å². The normalized spacial score (nSPS) is 18.5. The summed E-state index contributed by atoms with van der Waals surface area (Å²) in [5.74, 6) is 0.611. The summed E-state index contributed by atoms with van der Waals surface area (Å²) >= 11 is 0. The molecule has 0 aromatic heterocycles. The number of rotatable bonds is 8. The van der Waals surface area contributed by atoms with Crippen molar-refractivity contribution in [3.63, 3.8) is 0 Å². The highest BCUT2D eigenvalue weighted by atomic mass is 32.2. The second-order valence-electron chi connectivity index (χ2n) is 7.08. The number of anilines is 1. The third-order valence-electron chi connectivity index (χ3n) is 4.40. The molecule has 1 fully saturated rings. The number of guanidine groups is 1. The zero-order valence-electron chi connectivity index (χ0n) is 16.7. The number of nitrogens with one attached hydrogen (secondary N) is 3. The summed E-state index contributed by atoms with van der Waals surface area (Å²) in [6.45, 7) is 3.07. The van der Waals surface area contributed by atoms with Crippen molar-refractivity contribution in [1.82, 2.24) is 10.6 Å². The number of aliphatic imine (C=N–C) groups is 1. The monoisotopic (exact) mass is 410 g/mol. The Labute approximate surface area is 167 Å². The van der Waals surface area contributed by atoms with Crippen molar-refractivity contribution >= 4 is 27.4 Å². The quantitative estimate of drug-likeness (QED) is 0.440. The number of carbonyl (C=O) groups is 1. The number of benzene rings is 1.